The van der Waals surface area contributed by atoms with E-state index in [0.29, 0.717) is 25.4 Å². The molecule has 0 bridgehead atoms. The van der Waals surface area contributed by atoms with E-state index in [9.17, 15) is 8.42 Å². The molecule has 2 aliphatic heterocycles. The van der Waals surface area contributed by atoms with E-state index in [2.05, 4.69) is 9.97 Å². The zero-order valence-corrected chi connectivity index (χ0v) is 13.0. The number of sulfonamides is 1. The van der Waals surface area contributed by atoms with Crippen LogP contribution in [0.15, 0.2) is 18.6 Å². The normalized spacial score (nSPS) is 30.2. The number of ether oxygens (including phenoxy) is 1. The molecule has 3 atom stereocenters. The van der Waals surface area contributed by atoms with Crippen LogP contribution in [0.1, 0.15) is 38.0 Å². The molecule has 2 fully saturated rings. The number of hydrogen-bond donors (Lipinski definition) is 0. The van der Waals surface area contributed by atoms with Gasteiger partial charge in [0.1, 0.15) is 12.4 Å². The van der Waals surface area contributed by atoms with E-state index in [1.807, 2.05) is 13.0 Å². The molecule has 116 valence electrons. The summed E-state index contributed by atoms with van der Waals surface area (Å²) in [6.07, 6.45) is 5.64. The Morgan fingerprint density at radius 1 is 1.48 bits per heavy atom. The number of aromatic nitrogens is 2. The molecule has 3 heterocycles. The first-order chi connectivity index (χ1) is 10.1. The molecule has 7 heteroatoms. The molecule has 2 saturated heterocycles. The van der Waals surface area contributed by atoms with Crippen molar-refractivity contribution in [1.29, 1.82) is 0 Å². The number of hydrogen-bond acceptors (Lipinski definition) is 5. The van der Waals surface area contributed by atoms with Gasteiger partial charge in [0.05, 0.1) is 17.6 Å². The first kappa shape index (κ1) is 14.9. The monoisotopic (exact) mass is 311 g/mol. The van der Waals surface area contributed by atoms with Gasteiger partial charge in [-0.05, 0) is 31.2 Å². The predicted octanol–water partition coefficient (Wildman–Crippen LogP) is 1.37. The largest absolute Gasteiger partial charge is 0.367 e. The fraction of sp³-hybridized carbons (Fsp3) is 0.714. The van der Waals surface area contributed by atoms with E-state index in [1.54, 1.807) is 10.5 Å². The maximum atomic E-state index is 12.2. The van der Waals surface area contributed by atoms with Crippen LogP contribution in [0.5, 0.6) is 0 Å². The summed E-state index contributed by atoms with van der Waals surface area (Å²) in [5.74, 6) is 0.651. The van der Waals surface area contributed by atoms with Gasteiger partial charge in [-0.3, -0.25) is 0 Å². The van der Waals surface area contributed by atoms with Crippen molar-refractivity contribution in [2.75, 3.05) is 18.8 Å². The summed E-state index contributed by atoms with van der Waals surface area (Å²) in [7, 11) is -3.13. The standard InChI is InChI=1S/C14H21N3O3S/c1-2-7-21(18,19)17-6-4-11-8-13(20-14(11)9-17)12-3-5-15-10-16-12/h3,5,10-11,13-14H,2,4,6-9H2,1H3/t11-,13-,14+/m0/s1. The van der Waals surface area contributed by atoms with E-state index in [1.165, 1.54) is 6.33 Å². The van der Waals surface area contributed by atoms with Crippen LogP contribution in [0.2, 0.25) is 0 Å². The van der Waals surface area contributed by atoms with Crippen molar-refractivity contribution < 1.29 is 13.2 Å². The Bertz CT molecular complexity index is 578. The van der Waals surface area contributed by atoms with Gasteiger partial charge in [-0.2, -0.15) is 4.31 Å². The highest BCUT2D eigenvalue weighted by Gasteiger charge is 2.42. The van der Waals surface area contributed by atoms with Gasteiger partial charge in [-0.25, -0.2) is 18.4 Å². The molecule has 0 N–H and O–H groups in total. The number of rotatable bonds is 4. The summed E-state index contributed by atoms with van der Waals surface area (Å²) < 4.78 is 32.0. The van der Waals surface area contributed by atoms with Gasteiger partial charge in [0.25, 0.3) is 0 Å². The third-order valence-corrected chi connectivity index (χ3v) is 6.35. The van der Waals surface area contributed by atoms with Crippen LogP contribution < -0.4 is 0 Å². The highest BCUT2D eigenvalue weighted by Crippen LogP contribution is 2.40. The molecule has 3 rings (SSSR count). The van der Waals surface area contributed by atoms with Gasteiger partial charge in [0.15, 0.2) is 0 Å². The molecule has 0 unspecified atom stereocenters. The topological polar surface area (TPSA) is 72.4 Å². The Morgan fingerprint density at radius 3 is 3.05 bits per heavy atom. The van der Waals surface area contributed by atoms with Crippen LogP contribution >= 0.6 is 0 Å². The van der Waals surface area contributed by atoms with Crippen molar-refractivity contribution in [2.45, 2.75) is 38.4 Å². The van der Waals surface area contributed by atoms with Crippen molar-refractivity contribution in [2.24, 2.45) is 5.92 Å². The van der Waals surface area contributed by atoms with E-state index >= 15 is 0 Å². The van der Waals surface area contributed by atoms with Gasteiger partial charge in [-0.15, -0.1) is 0 Å². The van der Waals surface area contributed by atoms with E-state index < -0.39 is 10.0 Å². The van der Waals surface area contributed by atoms with Crippen LogP contribution in [-0.4, -0.2) is 47.6 Å². The summed E-state index contributed by atoms with van der Waals surface area (Å²) in [5, 5.41) is 0. The number of nitrogens with zero attached hydrogens (tertiary/aromatic N) is 3. The molecule has 2 aliphatic rings. The molecule has 6 nitrogen and oxygen atoms in total. The smallest absolute Gasteiger partial charge is 0.214 e. The zero-order valence-electron chi connectivity index (χ0n) is 12.2. The first-order valence-electron chi connectivity index (χ1n) is 7.49. The second-order valence-corrected chi connectivity index (χ2v) is 7.84. The second-order valence-electron chi connectivity index (χ2n) is 5.76. The van der Waals surface area contributed by atoms with E-state index in [-0.39, 0.29) is 18.0 Å². The molecule has 0 aliphatic carbocycles. The first-order valence-corrected chi connectivity index (χ1v) is 9.10. The zero-order chi connectivity index (χ0) is 14.9. The Labute approximate surface area is 125 Å². The van der Waals surface area contributed by atoms with Crippen LogP contribution in [0.3, 0.4) is 0 Å². The SMILES string of the molecule is CCCS(=O)(=O)N1CC[C@H]2C[C@@H](c3ccncn3)O[C@@H]2C1. The van der Waals surface area contributed by atoms with E-state index in [4.69, 9.17) is 4.74 Å². The Hall–Kier alpha value is -1.05. The minimum Gasteiger partial charge on any atom is -0.367 e. The Morgan fingerprint density at radius 2 is 2.33 bits per heavy atom. The lowest BCUT2D eigenvalue weighted by atomic mass is 9.92. The highest BCUT2D eigenvalue weighted by atomic mass is 32.2. The van der Waals surface area contributed by atoms with Gasteiger partial charge >= 0.3 is 0 Å². The maximum absolute atomic E-state index is 12.2. The Kier molecular flexibility index (Phi) is 4.24. The van der Waals surface area contributed by atoms with Crippen molar-refractivity contribution in [3.63, 3.8) is 0 Å². The predicted molar refractivity (Wildman–Crippen MR) is 78.0 cm³/mol. The van der Waals surface area contributed by atoms with Crippen molar-refractivity contribution in [1.82, 2.24) is 14.3 Å². The highest BCUT2D eigenvalue weighted by molar-refractivity contribution is 7.89. The van der Waals surface area contributed by atoms with Crippen LogP contribution in [0.4, 0.5) is 0 Å². The molecule has 0 radical (unpaired) electrons. The summed E-state index contributed by atoms with van der Waals surface area (Å²) in [4.78, 5) is 8.17. The van der Waals surface area contributed by atoms with Gasteiger partial charge in [0, 0.05) is 19.3 Å². The van der Waals surface area contributed by atoms with Gasteiger partial charge in [-0.1, -0.05) is 6.92 Å². The lowest BCUT2D eigenvalue weighted by Gasteiger charge is -2.33. The van der Waals surface area contributed by atoms with Crippen LogP contribution in [0, 0.1) is 5.92 Å². The third-order valence-electron chi connectivity index (χ3n) is 4.30. The average Bonchev–Trinajstić information content (AvgIpc) is 2.91. The third kappa shape index (κ3) is 3.09. The number of piperidine rings is 1. The molecule has 1 aromatic heterocycles. The Balaban J connectivity index is 1.68. The summed E-state index contributed by atoms with van der Waals surface area (Å²) in [5.41, 5.74) is 0.891. The van der Waals surface area contributed by atoms with Gasteiger partial charge in [0.2, 0.25) is 10.0 Å². The average molecular weight is 311 g/mol. The minimum atomic E-state index is -3.13. The summed E-state index contributed by atoms with van der Waals surface area (Å²) >= 11 is 0. The number of fused-ring (bicyclic) bond motifs is 1. The molecule has 0 amide bonds. The second kappa shape index (κ2) is 5.98. The molecular weight excluding hydrogens is 290 g/mol. The molecule has 1 aromatic rings. The molecule has 0 aromatic carbocycles. The fourth-order valence-electron chi connectivity index (χ4n) is 3.22. The fourth-order valence-corrected chi connectivity index (χ4v) is 4.76. The molecule has 0 saturated carbocycles. The van der Waals surface area contributed by atoms with Crippen LogP contribution in [0.25, 0.3) is 0 Å². The van der Waals surface area contributed by atoms with Crippen LogP contribution in [-0.2, 0) is 14.8 Å². The van der Waals surface area contributed by atoms with Crippen molar-refractivity contribution in [3.05, 3.63) is 24.3 Å². The quantitative estimate of drug-likeness (QED) is 0.839. The van der Waals surface area contributed by atoms with Crippen molar-refractivity contribution >= 4 is 10.0 Å². The molecular formula is C14H21N3O3S. The lowest BCUT2D eigenvalue weighted by Crippen LogP contribution is -2.46. The lowest BCUT2D eigenvalue weighted by molar-refractivity contribution is 0.00861. The summed E-state index contributed by atoms with van der Waals surface area (Å²) in [6, 6.07) is 1.87. The minimum absolute atomic E-state index is 0.00894. The van der Waals surface area contributed by atoms with E-state index in [0.717, 1.165) is 18.5 Å². The molecule has 0 spiro atoms. The molecule has 21 heavy (non-hydrogen) atoms. The maximum Gasteiger partial charge on any atom is 0.214 e. The van der Waals surface area contributed by atoms with Crippen molar-refractivity contribution in [3.8, 4) is 0 Å². The van der Waals surface area contributed by atoms with Gasteiger partial charge < -0.3 is 4.74 Å². The summed E-state index contributed by atoms with van der Waals surface area (Å²) in [6.45, 7) is 2.99.